The van der Waals surface area contributed by atoms with Gasteiger partial charge in [-0.15, -0.1) is 0 Å². The summed E-state index contributed by atoms with van der Waals surface area (Å²) in [6, 6.07) is 0.792. The summed E-state index contributed by atoms with van der Waals surface area (Å²) in [4.78, 5) is 3.32. The molecule has 90 valence electrons. The van der Waals surface area contributed by atoms with Gasteiger partial charge in [0.1, 0.15) is 0 Å². The van der Waals surface area contributed by atoms with Gasteiger partial charge in [0, 0.05) is 10.9 Å². The normalized spacial score (nSPS) is 27.2. The fourth-order valence-electron chi connectivity index (χ4n) is 2.52. The molecular formula is C13H26BrN. The molecule has 0 spiro atoms. The zero-order chi connectivity index (χ0) is 11.1. The average Bonchev–Trinajstić information content (AvgIpc) is 2.25. The molecular weight excluding hydrogens is 250 g/mol. The highest BCUT2D eigenvalue weighted by atomic mass is 79.9. The lowest BCUT2D eigenvalue weighted by molar-refractivity contribution is 0.197. The summed E-state index contributed by atoms with van der Waals surface area (Å²) in [6.07, 6.45) is 11.1. The molecule has 1 saturated carbocycles. The van der Waals surface area contributed by atoms with Crippen LogP contribution in [0.15, 0.2) is 0 Å². The minimum Gasteiger partial charge on any atom is -0.302 e. The van der Waals surface area contributed by atoms with E-state index in [0.29, 0.717) is 0 Å². The van der Waals surface area contributed by atoms with E-state index in [1.54, 1.807) is 0 Å². The van der Waals surface area contributed by atoms with Crippen LogP contribution in [0.5, 0.6) is 0 Å². The van der Waals surface area contributed by atoms with Gasteiger partial charge in [-0.2, -0.15) is 0 Å². The van der Waals surface area contributed by atoms with Gasteiger partial charge in [0.15, 0.2) is 0 Å². The third kappa shape index (κ3) is 4.86. The lowest BCUT2D eigenvalue weighted by Crippen LogP contribution is -2.41. The Kier molecular flexibility index (Phi) is 6.91. The molecule has 0 bridgehead atoms. The van der Waals surface area contributed by atoms with E-state index in [4.69, 9.17) is 0 Å². The number of hydrogen-bond acceptors (Lipinski definition) is 1. The third-order valence-electron chi connectivity index (χ3n) is 3.58. The molecule has 0 amide bonds. The lowest BCUT2D eigenvalue weighted by Gasteiger charge is -2.35. The number of hydrogen-bond donors (Lipinski definition) is 0. The molecule has 2 heteroatoms. The van der Waals surface area contributed by atoms with Crippen LogP contribution < -0.4 is 0 Å². The van der Waals surface area contributed by atoms with Crippen LogP contribution in [0.25, 0.3) is 0 Å². The molecule has 1 rings (SSSR count). The van der Waals surface area contributed by atoms with Crippen molar-refractivity contribution in [3.8, 4) is 0 Å². The highest BCUT2D eigenvalue weighted by Gasteiger charge is 2.25. The number of alkyl halides is 1. The van der Waals surface area contributed by atoms with Crippen LogP contribution in [0.2, 0.25) is 0 Å². The second-order valence-corrected chi connectivity index (χ2v) is 6.09. The van der Waals surface area contributed by atoms with E-state index in [0.717, 1.165) is 10.9 Å². The van der Waals surface area contributed by atoms with E-state index in [1.807, 2.05) is 0 Å². The molecule has 0 N–H and O–H groups in total. The van der Waals surface area contributed by atoms with Crippen molar-refractivity contribution in [1.82, 2.24) is 4.90 Å². The topological polar surface area (TPSA) is 3.24 Å². The molecule has 0 radical (unpaired) electrons. The van der Waals surface area contributed by atoms with Crippen LogP contribution in [0, 0.1) is 0 Å². The van der Waals surface area contributed by atoms with Crippen LogP contribution in [-0.4, -0.2) is 29.4 Å². The Morgan fingerprint density at radius 3 is 2.53 bits per heavy atom. The van der Waals surface area contributed by atoms with Crippen molar-refractivity contribution in [2.24, 2.45) is 0 Å². The highest BCUT2D eigenvalue weighted by Crippen LogP contribution is 2.27. The predicted octanol–water partition coefficient (Wildman–Crippen LogP) is 4.20. The summed E-state index contributed by atoms with van der Waals surface area (Å²) < 4.78 is 0. The van der Waals surface area contributed by atoms with Crippen molar-refractivity contribution in [2.45, 2.75) is 69.2 Å². The second kappa shape index (κ2) is 7.67. The van der Waals surface area contributed by atoms with Gasteiger partial charge in [0.25, 0.3) is 0 Å². The number of rotatable bonds is 6. The molecule has 0 aliphatic heterocycles. The molecule has 1 aliphatic rings. The molecule has 1 fully saturated rings. The summed E-state index contributed by atoms with van der Waals surface area (Å²) in [5.74, 6) is 0. The second-order valence-electron chi connectivity index (χ2n) is 4.91. The van der Waals surface area contributed by atoms with E-state index < -0.39 is 0 Å². The predicted molar refractivity (Wildman–Crippen MR) is 71.7 cm³/mol. The van der Waals surface area contributed by atoms with Crippen LogP contribution in [0.1, 0.15) is 58.3 Å². The van der Waals surface area contributed by atoms with E-state index in [9.17, 15) is 0 Å². The van der Waals surface area contributed by atoms with Crippen molar-refractivity contribution in [1.29, 1.82) is 0 Å². The zero-order valence-corrected chi connectivity index (χ0v) is 11.9. The zero-order valence-electron chi connectivity index (χ0n) is 10.3. The SMILES string of the molecule is CCCCCCN(C)C1CCCCC1Br. The average molecular weight is 276 g/mol. The molecule has 15 heavy (non-hydrogen) atoms. The Labute approximate surface area is 104 Å². The standard InChI is InChI=1S/C13H26BrN/c1-3-4-5-8-11-15(2)13-10-7-6-9-12(13)14/h12-13H,3-11H2,1-2H3. The summed E-state index contributed by atoms with van der Waals surface area (Å²) in [5, 5.41) is 0. The summed E-state index contributed by atoms with van der Waals surface area (Å²) in [7, 11) is 2.30. The van der Waals surface area contributed by atoms with Crippen molar-refractivity contribution in [2.75, 3.05) is 13.6 Å². The maximum Gasteiger partial charge on any atom is 0.0301 e. The molecule has 0 saturated heterocycles. The Morgan fingerprint density at radius 1 is 1.13 bits per heavy atom. The van der Waals surface area contributed by atoms with Gasteiger partial charge in [-0.3, -0.25) is 0 Å². The minimum absolute atomic E-state index is 0.738. The van der Waals surface area contributed by atoms with Crippen LogP contribution in [0.4, 0.5) is 0 Å². The maximum absolute atomic E-state index is 3.84. The van der Waals surface area contributed by atoms with Gasteiger partial charge in [0.2, 0.25) is 0 Å². The van der Waals surface area contributed by atoms with Gasteiger partial charge in [-0.1, -0.05) is 55.0 Å². The van der Waals surface area contributed by atoms with Crippen molar-refractivity contribution in [3.05, 3.63) is 0 Å². The highest BCUT2D eigenvalue weighted by molar-refractivity contribution is 9.09. The Morgan fingerprint density at radius 2 is 1.87 bits per heavy atom. The molecule has 0 aromatic heterocycles. The van der Waals surface area contributed by atoms with Gasteiger partial charge in [-0.05, 0) is 32.9 Å². The summed E-state index contributed by atoms with van der Waals surface area (Å²) in [6.45, 7) is 3.56. The quantitative estimate of drug-likeness (QED) is 0.519. The van der Waals surface area contributed by atoms with E-state index in [2.05, 4.69) is 34.8 Å². The molecule has 2 unspecified atom stereocenters. The van der Waals surface area contributed by atoms with Crippen molar-refractivity contribution < 1.29 is 0 Å². The van der Waals surface area contributed by atoms with E-state index in [1.165, 1.54) is 57.9 Å². The number of nitrogens with zero attached hydrogens (tertiary/aromatic N) is 1. The molecule has 0 aromatic rings. The van der Waals surface area contributed by atoms with E-state index >= 15 is 0 Å². The minimum atomic E-state index is 0.738. The number of unbranched alkanes of at least 4 members (excludes halogenated alkanes) is 3. The number of halogens is 1. The van der Waals surface area contributed by atoms with Crippen molar-refractivity contribution in [3.63, 3.8) is 0 Å². The fourth-order valence-corrected chi connectivity index (χ4v) is 3.51. The van der Waals surface area contributed by atoms with Crippen molar-refractivity contribution >= 4 is 15.9 Å². The maximum atomic E-state index is 3.84. The monoisotopic (exact) mass is 275 g/mol. The van der Waals surface area contributed by atoms with Gasteiger partial charge in [0.05, 0.1) is 0 Å². The largest absolute Gasteiger partial charge is 0.302 e. The smallest absolute Gasteiger partial charge is 0.0301 e. The Balaban J connectivity index is 2.16. The van der Waals surface area contributed by atoms with Crippen LogP contribution in [0.3, 0.4) is 0 Å². The first-order chi connectivity index (χ1) is 7.25. The molecule has 1 nitrogen and oxygen atoms in total. The van der Waals surface area contributed by atoms with E-state index in [-0.39, 0.29) is 0 Å². The lowest BCUT2D eigenvalue weighted by atomic mass is 9.94. The molecule has 0 aromatic carbocycles. The van der Waals surface area contributed by atoms with Gasteiger partial charge >= 0.3 is 0 Å². The fraction of sp³-hybridized carbons (Fsp3) is 1.00. The molecule has 0 heterocycles. The van der Waals surface area contributed by atoms with Gasteiger partial charge in [-0.25, -0.2) is 0 Å². The molecule has 2 atom stereocenters. The summed E-state index contributed by atoms with van der Waals surface area (Å²) >= 11 is 3.84. The van der Waals surface area contributed by atoms with Crippen LogP contribution in [-0.2, 0) is 0 Å². The Bertz CT molecular complexity index is 161. The van der Waals surface area contributed by atoms with Crippen LogP contribution >= 0.6 is 15.9 Å². The first kappa shape index (κ1) is 13.5. The summed E-state index contributed by atoms with van der Waals surface area (Å²) in [5.41, 5.74) is 0. The van der Waals surface area contributed by atoms with Gasteiger partial charge < -0.3 is 4.90 Å². The third-order valence-corrected chi connectivity index (χ3v) is 4.65. The Hall–Kier alpha value is 0.440. The first-order valence-corrected chi connectivity index (χ1v) is 7.51. The first-order valence-electron chi connectivity index (χ1n) is 6.60. The molecule has 1 aliphatic carbocycles.